The van der Waals surface area contributed by atoms with Gasteiger partial charge in [0.1, 0.15) is 11.6 Å². The number of nitrogens with zero attached hydrogens (tertiary/aromatic N) is 3. The van der Waals surface area contributed by atoms with Gasteiger partial charge in [0.2, 0.25) is 11.9 Å². The summed E-state index contributed by atoms with van der Waals surface area (Å²) < 4.78 is 22.2. The van der Waals surface area contributed by atoms with Crippen molar-refractivity contribution in [1.82, 2.24) is 14.9 Å². The van der Waals surface area contributed by atoms with E-state index in [-0.39, 0.29) is 17.6 Å². The smallest absolute Gasteiger partial charge is 0.223 e. The van der Waals surface area contributed by atoms with Crippen LogP contribution in [-0.4, -0.2) is 35.2 Å². The van der Waals surface area contributed by atoms with Crippen molar-refractivity contribution < 1.29 is 13.9 Å². The number of imidazole rings is 1. The van der Waals surface area contributed by atoms with Crippen LogP contribution in [0.3, 0.4) is 0 Å². The van der Waals surface area contributed by atoms with Crippen LogP contribution in [-0.2, 0) is 17.9 Å². The molecule has 4 aromatic rings. The number of piperidine rings is 1. The molecule has 5 rings (SSSR count). The molecule has 1 N–H and O–H groups in total. The zero-order valence-corrected chi connectivity index (χ0v) is 21.2. The van der Waals surface area contributed by atoms with Gasteiger partial charge in [0.15, 0.2) is 0 Å². The van der Waals surface area contributed by atoms with Crippen LogP contribution in [0, 0.1) is 11.7 Å². The summed E-state index contributed by atoms with van der Waals surface area (Å²) >= 11 is 0. The molecule has 1 saturated heterocycles. The summed E-state index contributed by atoms with van der Waals surface area (Å²) in [4.78, 5) is 20.0. The summed E-state index contributed by atoms with van der Waals surface area (Å²) in [5.41, 5.74) is 3.55. The highest BCUT2D eigenvalue weighted by Gasteiger charge is 2.28. The normalized spacial score (nSPS) is 14.2. The number of hydrogen-bond donors (Lipinski definition) is 1. The third kappa shape index (κ3) is 5.77. The highest BCUT2D eigenvalue weighted by molar-refractivity contribution is 5.80. The largest absolute Gasteiger partial charge is 0.494 e. The summed E-state index contributed by atoms with van der Waals surface area (Å²) in [5, 5.41) is 3.10. The van der Waals surface area contributed by atoms with Crippen molar-refractivity contribution in [2.24, 2.45) is 5.92 Å². The van der Waals surface area contributed by atoms with E-state index in [0.717, 1.165) is 60.6 Å². The standard InChI is InChI=1S/C30H33FN4O2/c1-2-19-37-25-13-11-22(12-14-25)20-32-29(36)23-15-17-34(18-16-23)30-33-27-9-5-6-10-28(27)35(30)21-24-7-3-4-8-26(24)31/h3-14,23H,2,15-21H2,1H3,(H,32,36). The number of aromatic nitrogens is 2. The van der Waals surface area contributed by atoms with Crippen LogP contribution in [0.1, 0.15) is 37.3 Å². The molecule has 1 aliphatic heterocycles. The molecule has 0 bridgehead atoms. The summed E-state index contributed by atoms with van der Waals surface area (Å²) in [6.07, 6.45) is 2.47. The second kappa shape index (κ2) is 11.5. The maximum absolute atomic E-state index is 14.5. The van der Waals surface area contributed by atoms with Crippen molar-refractivity contribution in [3.63, 3.8) is 0 Å². The summed E-state index contributed by atoms with van der Waals surface area (Å²) in [5.74, 6) is 1.52. The van der Waals surface area contributed by atoms with Gasteiger partial charge in [0.25, 0.3) is 0 Å². The van der Waals surface area contributed by atoms with Crippen molar-refractivity contribution in [2.45, 2.75) is 39.3 Å². The number of fused-ring (bicyclic) bond motifs is 1. The molecule has 1 amide bonds. The Bertz CT molecular complexity index is 1340. The maximum Gasteiger partial charge on any atom is 0.223 e. The van der Waals surface area contributed by atoms with Crippen LogP contribution < -0.4 is 15.0 Å². The van der Waals surface area contributed by atoms with Crippen LogP contribution in [0.4, 0.5) is 10.3 Å². The van der Waals surface area contributed by atoms with E-state index in [2.05, 4.69) is 21.7 Å². The zero-order valence-electron chi connectivity index (χ0n) is 21.2. The van der Waals surface area contributed by atoms with E-state index < -0.39 is 0 Å². The fourth-order valence-corrected chi connectivity index (χ4v) is 4.86. The molecular weight excluding hydrogens is 467 g/mol. The predicted molar refractivity (Wildman–Crippen MR) is 144 cm³/mol. The van der Waals surface area contributed by atoms with Gasteiger partial charge in [0.05, 0.1) is 24.2 Å². The number of nitrogens with one attached hydrogen (secondary N) is 1. The molecule has 0 saturated carbocycles. The molecule has 0 atom stereocenters. The maximum atomic E-state index is 14.5. The topological polar surface area (TPSA) is 59.4 Å². The van der Waals surface area contributed by atoms with Gasteiger partial charge in [-0.05, 0) is 55.2 Å². The Kier molecular flexibility index (Phi) is 7.68. The number of anilines is 1. The number of hydrogen-bond acceptors (Lipinski definition) is 4. The number of para-hydroxylation sites is 2. The highest BCUT2D eigenvalue weighted by atomic mass is 19.1. The lowest BCUT2D eigenvalue weighted by Crippen LogP contribution is -2.41. The molecule has 1 aromatic heterocycles. The molecule has 192 valence electrons. The Hall–Kier alpha value is -3.87. The van der Waals surface area contributed by atoms with Crippen LogP contribution in [0.15, 0.2) is 72.8 Å². The monoisotopic (exact) mass is 500 g/mol. The predicted octanol–water partition coefficient (Wildman–Crippen LogP) is 5.55. The van der Waals surface area contributed by atoms with Crippen LogP contribution in [0.5, 0.6) is 5.75 Å². The van der Waals surface area contributed by atoms with Gasteiger partial charge in [-0.2, -0.15) is 0 Å². The van der Waals surface area contributed by atoms with Crippen molar-refractivity contribution in [3.8, 4) is 5.75 Å². The molecule has 0 spiro atoms. The fraction of sp³-hybridized carbons (Fsp3) is 0.333. The summed E-state index contributed by atoms with van der Waals surface area (Å²) in [6, 6.07) is 22.7. The van der Waals surface area contributed by atoms with Crippen molar-refractivity contribution in [1.29, 1.82) is 0 Å². The minimum absolute atomic E-state index is 0.0344. The zero-order chi connectivity index (χ0) is 25.6. The van der Waals surface area contributed by atoms with Crippen molar-refractivity contribution in [3.05, 3.63) is 89.7 Å². The molecule has 0 radical (unpaired) electrons. The number of benzene rings is 3. The van der Waals surface area contributed by atoms with Gasteiger partial charge in [0, 0.05) is 31.1 Å². The Morgan fingerprint density at radius 2 is 1.76 bits per heavy atom. The van der Waals surface area contributed by atoms with E-state index in [4.69, 9.17) is 9.72 Å². The number of halogens is 1. The average molecular weight is 501 g/mol. The summed E-state index contributed by atoms with van der Waals surface area (Å²) in [6.45, 7) is 5.14. The van der Waals surface area contributed by atoms with Gasteiger partial charge < -0.3 is 19.5 Å². The third-order valence-corrected chi connectivity index (χ3v) is 6.93. The third-order valence-electron chi connectivity index (χ3n) is 6.93. The molecule has 6 nitrogen and oxygen atoms in total. The first-order valence-corrected chi connectivity index (χ1v) is 13.1. The van der Waals surface area contributed by atoms with Crippen molar-refractivity contribution in [2.75, 3.05) is 24.6 Å². The molecule has 1 fully saturated rings. The van der Waals surface area contributed by atoms with Crippen LogP contribution in [0.25, 0.3) is 11.0 Å². The SMILES string of the molecule is CCCOc1ccc(CNC(=O)C2CCN(c3nc4ccccc4n3Cc3ccccc3F)CC2)cc1. The average Bonchev–Trinajstić information content (AvgIpc) is 3.30. The second-order valence-electron chi connectivity index (χ2n) is 9.55. The number of rotatable bonds is 9. The van der Waals surface area contributed by atoms with E-state index in [1.807, 2.05) is 60.7 Å². The Morgan fingerprint density at radius 1 is 1.03 bits per heavy atom. The molecule has 7 heteroatoms. The van der Waals surface area contributed by atoms with E-state index in [9.17, 15) is 9.18 Å². The first kappa shape index (κ1) is 24.8. The fourth-order valence-electron chi connectivity index (χ4n) is 4.86. The first-order valence-electron chi connectivity index (χ1n) is 13.1. The highest BCUT2D eigenvalue weighted by Crippen LogP contribution is 2.28. The minimum Gasteiger partial charge on any atom is -0.494 e. The Labute approximate surface area is 217 Å². The van der Waals surface area contributed by atoms with Gasteiger partial charge >= 0.3 is 0 Å². The van der Waals surface area contributed by atoms with Gasteiger partial charge in [-0.25, -0.2) is 9.37 Å². The molecule has 1 aliphatic rings. The molecule has 0 unspecified atom stereocenters. The van der Waals surface area contributed by atoms with E-state index in [1.54, 1.807) is 6.07 Å². The summed E-state index contributed by atoms with van der Waals surface area (Å²) in [7, 11) is 0. The molecule has 2 heterocycles. The number of carbonyl (C=O) groups is 1. The lowest BCUT2D eigenvalue weighted by molar-refractivity contribution is -0.125. The van der Waals surface area contributed by atoms with E-state index in [0.29, 0.717) is 25.3 Å². The molecule has 0 aliphatic carbocycles. The quantitative estimate of drug-likeness (QED) is 0.328. The van der Waals surface area contributed by atoms with E-state index in [1.165, 1.54) is 6.07 Å². The first-order chi connectivity index (χ1) is 18.1. The van der Waals surface area contributed by atoms with Crippen LogP contribution in [0.2, 0.25) is 0 Å². The number of carbonyl (C=O) groups excluding carboxylic acids is 1. The molecular formula is C30H33FN4O2. The van der Waals surface area contributed by atoms with E-state index >= 15 is 0 Å². The van der Waals surface area contributed by atoms with Gasteiger partial charge in [-0.15, -0.1) is 0 Å². The molecule has 3 aromatic carbocycles. The number of amides is 1. The van der Waals surface area contributed by atoms with Crippen LogP contribution >= 0.6 is 0 Å². The minimum atomic E-state index is -0.218. The molecule has 37 heavy (non-hydrogen) atoms. The van der Waals surface area contributed by atoms with Gasteiger partial charge in [-0.3, -0.25) is 4.79 Å². The van der Waals surface area contributed by atoms with Gasteiger partial charge in [-0.1, -0.05) is 49.4 Å². The van der Waals surface area contributed by atoms with Crippen molar-refractivity contribution >= 4 is 22.9 Å². The number of ether oxygens (including phenoxy) is 1. The second-order valence-corrected chi connectivity index (χ2v) is 9.55. The lowest BCUT2D eigenvalue weighted by atomic mass is 9.96. The lowest BCUT2D eigenvalue weighted by Gasteiger charge is -2.32. The Morgan fingerprint density at radius 3 is 2.51 bits per heavy atom. The Balaban J connectivity index is 1.22.